The molecule has 5 rings (SSSR count). The highest BCUT2D eigenvalue weighted by molar-refractivity contribution is 5.88. The van der Waals surface area contributed by atoms with Crippen LogP contribution in [0.25, 0.3) is 11.1 Å². The molecule has 164 valence electrons. The van der Waals surface area contributed by atoms with Gasteiger partial charge in [0.2, 0.25) is 5.91 Å². The summed E-state index contributed by atoms with van der Waals surface area (Å²) in [5, 5.41) is 10.2. The normalized spacial score (nSPS) is 20.4. The summed E-state index contributed by atoms with van der Waals surface area (Å²) in [5.74, 6) is 0.695. The molecule has 2 saturated heterocycles. The molecule has 0 aromatic carbocycles. The second kappa shape index (κ2) is 7.38. The highest BCUT2D eigenvalue weighted by Crippen LogP contribution is 2.44. The van der Waals surface area contributed by atoms with E-state index in [4.69, 9.17) is 9.72 Å². The topological polar surface area (TPSA) is 95.2 Å². The smallest absolute Gasteiger partial charge is 0.245 e. The molecule has 2 aromatic heterocycles. The van der Waals surface area contributed by atoms with Crippen molar-refractivity contribution in [3.63, 3.8) is 0 Å². The van der Waals surface area contributed by atoms with Crippen LogP contribution in [-0.2, 0) is 22.6 Å². The Bertz CT molecular complexity index is 1130. The molecule has 3 aliphatic rings. The number of hydrogen-bond donors (Lipinski definition) is 0. The quantitative estimate of drug-likeness (QED) is 0.691. The first-order valence-corrected chi connectivity index (χ1v) is 10.9. The molecule has 1 amide bonds. The highest BCUT2D eigenvalue weighted by atomic mass is 16.5. The van der Waals surface area contributed by atoms with Crippen LogP contribution in [0.1, 0.15) is 37.1 Å². The van der Waals surface area contributed by atoms with Crippen LogP contribution in [0.3, 0.4) is 0 Å². The molecule has 1 spiro atoms. The van der Waals surface area contributed by atoms with Crippen LogP contribution in [0.15, 0.2) is 31.4 Å². The summed E-state index contributed by atoms with van der Waals surface area (Å²) in [7, 11) is 0. The minimum absolute atomic E-state index is 0.0210. The molecule has 0 unspecified atom stereocenters. The van der Waals surface area contributed by atoms with Crippen molar-refractivity contribution in [1.29, 1.82) is 5.26 Å². The van der Waals surface area contributed by atoms with Gasteiger partial charge in [-0.25, -0.2) is 15.0 Å². The molecule has 32 heavy (non-hydrogen) atoms. The van der Waals surface area contributed by atoms with Crippen molar-refractivity contribution in [1.82, 2.24) is 19.9 Å². The van der Waals surface area contributed by atoms with E-state index in [9.17, 15) is 10.1 Å². The lowest BCUT2D eigenvalue weighted by Crippen LogP contribution is -2.59. The maximum Gasteiger partial charge on any atom is 0.245 e. The molecular formula is C24H26N6O2. The number of nitrogens with zero attached hydrogens (tertiary/aromatic N) is 6. The van der Waals surface area contributed by atoms with E-state index in [0.29, 0.717) is 24.4 Å². The molecule has 0 aliphatic carbocycles. The molecule has 5 heterocycles. The molecule has 0 bridgehead atoms. The lowest BCUT2D eigenvalue weighted by atomic mass is 9.79. The molecule has 0 saturated carbocycles. The maximum atomic E-state index is 11.9. The molecule has 3 aliphatic heterocycles. The Balaban J connectivity index is 1.56. The number of carbonyl (C=O) groups is 1. The summed E-state index contributed by atoms with van der Waals surface area (Å²) < 4.78 is 6.07. The van der Waals surface area contributed by atoms with Gasteiger partial charge in [0.15, 0.2) is 0 Å². The van der Waals surface area contributed by atoms with Gasteiger partial charge < -0.3 is 14.5 Å². The number of aromatic nitrogens is 3. The third-order valence-corrected chi connectivity index (χ3v) is 6.80. The average Bonchev–Trinajstić information content (AvgIpc) is 3.22. The van der Waals surface area contributed by atoms with E-state index in [1.165, 1.54) is 12.4 Å². The molecular weight excluding hydrogens is 404 g/mol. The lowest BCUT2D eigenvalue weighted by Gasteiger charge is -2.47. The molecule has 8 heteroatoms. The maximum absolute atomic E-state index is 11.9. The fourth-order valence-electron chi connectivity index (χ4n) is 5.19. The van der Waals surface area contributed by atoms with Crippen LogP contribution in [0.4, 0.5) is 5.82 Å². The van der Waals surface area contributed by atoms with E-state index in [1.54, 1.807) is 12.4 Å². The summed E-state index contributed by atoms with van der Waals surface area (Å²) in [4.78, 5) is 29.4. The second-order valence-electron chi connectivity index (χ2n) is 9.64. The van der Waals surface area contributed by atoms with Crippen LogP contribution in [0, 0.1) is 16.7 Å². The van der Waals surface area contributed by atoms with Gasteiger partial charge in [0, 0.05) is 67.1 Å². The van der Waals surface area contributed by atoms with Crippen molar-refractivity contribution in [2.45, 2.75) is 38.9 Å². The molecule has 0 N–H and O–H groups in total. The van der Waals surface area contributed by atoms with Crippen molar-refractivity contribution in [2.24, 2.45) is 5.41 Å². The number of pyridine rings is 1. The first-order valence-electron chi connectivity index (χ1n) is 10.9. The largest absolute Gasteiger partial charge is 0.370 e. The third kappa shape index (κ3) is 3.33. The van der Waals surface area contributed by atoms with Gasteiger partial charge in [-0.15, -0.1) is 0 Å². The minimum atomic E-state index is -0.318. The van der Waals surface area contributed by atoms with Crippen molar-refractivity contribution in [2.75, 3.05) is 31.1 Å². The van der Waals surface area contributed by atoms with Gasteiger partial charge in [0.25, 0.3) is 0 Å². The van der Waals surface area contributed by atoms with E-state index in [2.05, 4.69) is 41.4 Å². The summed E-state index contributed by atoms with van der Waals surface area (Å²) in [5.41, 5.74) is 3.81. The van der Waals surface area contributed by atoms with E-state index in [-0.39, 0.29) is 16.9 Å². The van der Waals surface area contributed by atoms with E-state index >= 15 is 0 Å². The van der Waals surface area contributed by atoms with Crippen LogP contribution < -0.4 is 4.90 Å². The van der Waals surface area contributed by atoms with Gasteiger partial charge in [-0.2, -0.15) is 5.26 Å². The lowest BCUT2D eigenvalue weighted by molar-refractivity contribution is -0.136. The first-order chi connectivity index (χ1) is 15.3. The van der Waals surface area contributed by atoms with Gasteiger partial charge in [-0.05, 0) is 26.3 Å². The Kier molecular flexibility index (Phi) is 4.75. The number of anilines is 1. The molecule has 0 atom stereocenters. The fraction of sp³-hybridized carbons (Fsp3) is 0.458. The van der Waals surface area contributed by atoms with Crippen molar-refractivity contribution in [3.05, 3.63) is 48.2 Å². The summed E-state index contributed by atoms with van der Waals surface area (Å²) in [6.45, 7) is 11.1. The molecule has 0 radical (unpaired) electrons. The zero-order valence-corrected chi connectivity index (χ0v) is 18.5. The number of fused-ring (bicyclic) bond motifs is 1. The molecule has 8 nitrogen and oxygen atoms in total. The number of hydrogen-bond acceptors (Lipinski definition) is 7. The van der Waals surface area contributed by atoms with Gasteiger partial charge in [-0.3, -0.25) is 4.79 Å². The Hall–Kier alpha value is -3.31. The van der Waals surface area contributed by atoms with Crippen LogP contribution in [-0.4, -0.2) is 57.5 Å². The average molecular weight is 431 g/mol. The minimum Gasteiger partial charge on any atom is -0.370 e. The van der Waals surface area contributed by atoms with Crippen molar-refractivity contribution in [3.8, 4) is 17.2 Å². The predicted octanol–water partition coefficient (Wildman–Crippen LogP) is 2.49. The predicted molar refractivity (Wildman–Crippen MR) is 119 cm³/mol. The van der Waals surface area contributed by atoms with Gasteiger partial charge in [0.05, 0.1) is 17.9 Å². The number of carbonyl (C=O) groups excluding carboxylic acids is 1. The van der Waals surface area contributed by atoms with Gasteiger partial charge in [0.1, 0.15) is 23.8 Å². The van der Waals surface area contributed by atoms with Crippen LogP contribution in [0.5, 0.6) is 0 Å². The number of rotatable bonds is 3. The highest BCUT2D eigenvalue weighted by Gasteiger charge is 2.49. The van der Waals surface area contributed by atoms with Crippen molar-refractivity contribution < 1.29 is 9.53 Å². The zero-order valence-electron chi connectivity index (χ0n) is 18.5. The third-order valence-electron chi connectivity index (χ3n) is 6.80. The summed E-state index contributed by atoms with van der Waals surface area (Å²) in [6.07, 6.45) is 7.97. The summed E-state index contributed by atoms with van der Waals surface area (Å²) >= 11 is 0. The fourth-order valence-corrected chi connectivity index (χ4v) is 5.19. The molecule has 2 aromatic rings. The van der Waals surface area contributed by atoms with Gasteiger partial charge in [-0.1, -0.05) is 6.58 Å². The first kappa shape index (κ1) is 20.6. The SMILES string of the molecule is C=CC(=O)N1CC2(CCN(c3nc4c(c(-c5cncnc5)c3C#N)COC(C)(C)C4)C2)C1. The Morgan fingerprint density at radius 3 is 2.72 bits per heavy atom. The monoisotopic (exact) mass is 430 g/mol. The standard InChI is InChI=1S/C24H26N6O2/c1-4-20(31)30-13-24(14-30)5-6-29(12-24)22-17(8-25)21(16-9-26-15-27-10-16)18-11-32-23(2,3)7-19(18)28-22/h4,9-10,15H,1,5-7,11-14H2,2-3H3. The van der Waals surface area contributed by atoms with Gasteiger partial charge >= 0.3 is 0 Å². The van der Waals surface area contributed by atoms with Crippen LogP contribution >= 0.6 is 0 Å². The Labute approximate surface area is 187 Å². The number of amides is 1. The van der Waals surface area contributed by atoms with E-state index < -0.39 is 0 Å². The van der Waals surface area contributed by atoms with E-state index in [1.807, 2.05) is 4.90 Å². The summed E-state index contributed by atoms with van der Waals surface area (Å²) in [6, 6.07) is 2.42. The number of likely N-dealkylation sites (tertiary alicyclic amines) is 1. The van der Waals surface area contributed by atoms with E-state index in [0.717, 1.165) is 55.0 Å². The number of ether oxygens (including phenoxy) is 1. The molecule has 2 fully saturated rings. The Morgan fingerprint density at radius 2 is 2.03 bits per heavy atom. The van der Waals surface area contributed by atoms with Crippen LogP contribution in [0.2, 0.25) is 0 Å². The number of nitriles is 1. The second-order valence-corrected chi connectivity index (χ2v) is 9.64. The van der Waals surface area contributed by atoms with Crippen molar-refractivity contribution >= 4 is 11.7 Å². The zero-order chi connectivity index (χ0) is 22.5. The Morgan fingerprint density at radius 1 is 1.28 bits per heavy atom.